The molecule has 1 aromatic carbocycles. The monoisotopic (exact) mass is 363 g/mol. The molecule has 0 unspecified atom stereocenters. The minimum absolute atomic E-state index is 0. The molecule has 22 heavy (non-hydrogen) atoms. The number of carbonyl (C=O) groups excluding carboxylic acids is 1. The van der Waals surface area contributed by atoms with Crippen LogP contribution >= 0.6 is 36.6 Å². The molecule has 3 rings (SSSR count). The summed E-state index contributed by atoms with van der Waals surface area (Å²) in [5, 5.41) is 6.85. The Morgan fingerprint density at radius 1 is 1.18 bits per heavy atom. The smallest absolute Gasteiger partial charge is 0.239 e. The molecule has 0 radical (unpaired) electrons. The van der Waals surface area contributed by atoms with Crippen molar-refractivity contribution >= 4 is 48.2 Å². The molecule has 0 saturated carbocycles. The van der Waals surface area contributed by atoms with Gasteiger partial charge < -0.3 is 15.5 Å². The number of amides is 1. The number of hydrogen-bond acceptors (Lipinski definition) is 4. The van der Waals surface area contributed by atoms with Crippen molar-refractivity contribution in [3.8, 4) is 0 Å². The summed E-state index contributed by atoms with van der Waals surface area (Å²) in [7, 11) is 0. The van der Waals surface area contributed by atoms with E-state index in [1.807, 2.05) is 34.9 Å². The van der Waals surface area contributed by atoms with Gasteiger partial charge in [-0.2, -0.15) is 11.8 Å². The first-order valence-electron chi connectivity index (χ1n) is 7.24. The number of thioether (sulfide) groups is 1. The molecular formula is C15H23Cl2N3OS. The van der Waals surface area contributed by atoms with Crippen LogP contribution in [0.25, 0.3) is 0 Å². The Morgan fingerprint density at radius 3 is 2.55 bits per heavy atom. The zero-order valence-electron chi connectivity index (χ0n) is 12.4. The largest absolute Gasteiger partial charge is 0.381 e. The highest BCUT2D eigenvalue weighted by molar-refractivity contribution is 7.99. The van der Waals surface area contributed by atoms with Gasteiger partial charge in [0.15, 0.2) is 0 Å². The van der Waals surface area contributed by atoms with Crippen molar-refractivity contribution in [3.05, 3.63) is 30.3 Å². The van der Waals surface area contributed by atoms with Gasteiger partial charge in [0.1, 0.15) is 0 Å². The van der Waals surface area contributed by atoms with E-state index in [1.165, 1.54) is 0 Å². The maximum Gasteiger partial charge on any atom is 0.239 e. The minimum atomic E-state index is -0.0145. The number of anilines is 1. The number of nitrogens with zero attached hydrogens (tertiary/aromatic N) is 1. The van der Waals surface area contributed by atoms with Crippen LogP contribution in [0.2, 0.25) is 0 Å². The summed E-state index contributed by atoms with van der Waals surface area (Å²) in [6, 6.07) is 10.5. The fourth-order valence-corrected chi connectivity index (χ4v) is 3.71. The highest BCUT2D eigenvalue weighted by Crippen LogP contribution is 2.17. The number of carbonyl (C=O) groups is 1. The molecule has 124 valence electrons. The summed E-state index contributed by atoms with van der Waals surface area (Å²) >= 11 is 1.93. The highest BCUT2D eigenvalue weighted by Gasteiger charge is 2.32. The van der Waals surface area contributed by atoms with E-state index < -0.39 is 0 Å². The maximum atomic E-state index is 12.4. The predicted molar refractivity (Wildman–Crippen MR) is 98.7 cm³/mol. The lowest BCUT2D eigenvalue weighted by Crippen LogP contribution is -2.46. The Balaban J connectivity index is 0.00000121. The fourth-order valence-electron chi connectivity index (χ4n) is 2.81. The van der Waals surface area contributed by atoms with Gasteiger partial charge in [-0.25, -0.2) is 0 Å². The first-order valence-corrected chi connectivity index (χ1v) is 8.40. The lowest BCUT2D eigenvalue weighted by molar-refractivity contribution is -0.132. The number of hydrogen-bond donors (Lipinski definition) is 2. The number of para-hydroxylation sites is 1. The zero-order chi connectivity index (χ0) is 13.8. The summed E-state index contributed by atoms with van der Waals surface area (Å²) in [6.45, 7) is 2.66. The normalized spacial score (nSPS) is 24.1. The van der Waals surface area contributed by atoms with Gasteiger partial charge in [0.2, 0.25) is 5.91 Å². The molecule has 7 heteroatoms. The van der Waals surface area contributed by atoms with Crippen LogP contribution in [0.5, 0.6) is 0 Å². The molecule has 2 heterocycles. The van der Waals surface area contributed by atoms with E-state index in [0.29, 0.717) is 6.04 Å². The van der Waals surface area contributed by atoms with E-state index in [2.05, 4.69) is 22.8 Å². The SMILES string of the molecule is Cl.Cl.O=C([C@@H]1C[C@H](Nc2ccccc2)CN1)N1CCSCC1. The Hall–Kier alpha value is -0.620. The van der Waals surface area contributed by atoms with Crippen LogP contribution in [0.4, 0.5) is 5.69 Å². The van der Waals surface area contributed by atoms with Crippen LogP contribution in [0.1, 0.15) is 6.42 Å². The van der Waals surface area contributed by atoms with E-state index in [4.69, 9.17) is 0 Å². The van der Waals surface area contributed by atoms with E-state index in [1.54, 1.807) is 0 Å². The third-order valence-electron chi connectivity index (χ3n) is 3.90. The third kappa shape index (κ3) is 4.95. The first kappa shape index (κ1) is 19.4. The van der Waals surface area contributed by atoms with Gasteiger partial charge in [0.25, 0.3) is 0 Å². The Labute approximate surface area is 148 Å². The molecule has 1 amide bonds. The van der Waals surface area contributed by atoms with Gasteiger partial charge in [-0.15, -0.1) is 24.8 Å². The van der Waals surface area contributed by atoms with E-state index in [0.717, 1.165) is 43.2 Å². The van der Waals surface area contributed by atoms with E-state index >= 15 is 0 Å². The topological polar surface area (TPSA) is 44.4 Å². The average Bonchev–Trinajstić information content (AvgIpc) is 2.97. The van der Waals surface area contributed by atoms with Crippen molar-refractivity contribution in [2.75, 3.05) is 36.5 Å². The number of rotatable bonds is 3. The molecule has 2 atom stereocenters. The van der Waals surface area contributed by atoms with Crippen molar-refractivity contribution in [3.63, 3.8) is 0 Å². The van der Waals surface area contributed by atoms with Crippen LogP contribution in [0.15, 0.2) is 30.3 Å². The number of benzene rings is 1. The number of halogens is 2. The van der Waals surface area contributed by atoms with Gasteiger partial charge in [-0.1, -0.05) is 18.2 Å². The lowest BCUT2D eigenvalue weighted by atomic mass is 10.1. The molecule has 2 fully saturated rings. The molecule has 0 aromatic heterocycles. The molecule has 2 N–H and O–H groups in total. The minimum Gasteiger partial charge on any atom is -0.381 e. The maximum absolute atomic E-state index is 12.4. The molecule has 2 aliphatic heterocycles. The van der Waals surface area contributed by atoms with E-state index in [-0.39, 0.29) is 36.8 Å². The molecule has 2 aliphatic rings. The average molecular weight is 364 g/mol. The van der Waals surface area contributed by atoms with E-state index in [9.17, 15) is 4.79 Å². The molecule has 1 aromatic rings. The van der Waals surface area contributed by atoms with Crippen LogP contribution < -0.4 is 10.6 Å². The Morgan fingerprint density at radius 2 is 1.86 bits per heavy atom. The third-order valence-corrected chi connectivity index (χ3v) is 4.84. The van der Waals surface area contributed by atoms with Crippen molar-refractivity contribution in [1.29, 1.82) is 0 Å². The second kappa shape index (κ2) is 9.50. The molecule has 0 spiro atoms. The second-order valence-electron chi connectivity index (χ2n) is 5.34. The standard InChI is InChI=1S/C15H21N3OS.2ClH/c19-15(18-6-8-20-9-7-18)14-10-13(11-16-14)17-12-4-2-1-3-5-12;;/h1-5,13-14,16-17H,6-11H2;2*1H/t13-,14-;;/m0../s1. The molecule has 0 aliphatic carbocycles. The summed E-state index contributed by atoms with van der Waals surface area (Å²) in [5.41, 5.74) is 1.13. The fraction of sp³-hybridized carbons (Fsp3) is 0.533. The molecular weight excluding hydrogens is 341 g/mol. The molecule has 2 saturated heterocycles. The predicted octanol–water partition coefficient (Wildman–Crippen LogP) is 2.25. The van der Waals surface area contributed by atoms with Crippen molar-refractivity contribution in [2.24, 2.45) is 0 Å². The van der Waals surface area contributed by atoms with Crippen molar-refractivity contribution in [1.82, 2.24) is 10.2 Å². The lowest BCUT2D eigenvalue weighted by Gasteiger charge is -2.28. The second-order valence-corrected chi connectivity index (χ2v) is 6.57. The van der Waals surface area contributed by atoms with Gasteiger partial charge in [0.05, 0.1) is 6.04 Å². The van der Waals surface area contributed by atoms with Crippen molar-refractivity contribution in [2.45, 2.75) is 18.5 Å². The zero-order valence-corrected chi connectivity index (χ0v) is 14.8. The summed E-state index contributed by atoms with van der Waals surface area (Å²) in [6.07, 6.45) is 0.872. The van der Waals surface area contributed by atoms with Gasteiger partial charge >= 0.3 is 0 Å². The first-order chi connectivity index (χ1) is 9.83. The Bertz CT molecular complexity index is 457. The summed E-state index contributed by atoms with van der Waals surface area (Å²) < 4.78 is 0. The number of nitrogens with one attached hydrogen (secondary N) is 2. The summed E-state index contributed by atoms with van der Waals surface area (Å²) in [5.74, 6) is 2.43. The van der Waals surface area contributed by atoms with Crippen molar-refractivity contribution < 1.29 is 4.79 Å². The highest BCUT2D eigenvalue weighted by atomic mass is 35.5. The Kier molecular flexibility index (Phi) is 8.39. The molecule has 0 bridgehead atoms. The quantitative estimate of drug-likeness (QED) is 0.864. The van der Waals surface area contributed by atoms with Crippen LogP contribution in [0.3, 0.4) is 0 Å². The molecule has 4 nitrogen and oxygen atoms in total. The van der Waals surface area contributed by atoms with Gasteiger partial charge in [0, 0.05) is 42.9 Å². The van der Waals surface area contributed by atoms with Gasteiger partial charge in [-0.3, -0.25) is 4.79 Å². The van der Waals surface area contributed by atoms with Crippen LogP contribution in [0, 0.1) is 0 Å². The van der Waals surface area contributed by atoms with Crippen LogP contribution in [-0.4, -0.2) is 54.0 Å². The van der Waals surface area contributed by atoms with Gasteiger partial charge in [-0.05, 0) is 18.6 Å². The summed E-state index contributed by atoms with van der Waals surface area (Å²) in [4.78, 5) is 14.4. The van der Waals surface area contributed by atoms with Crippen LogP contribution in [-0.2, 0) is 4.79 Å².